The zero-order valence-corrected chi connectivity index (χ0v) is 10.4. The molecule has 2 rings (SSSR count). The van der Waals surface area contributed by atoms with Gasteiger partial charge in [-0.1, -0.05) is 29.3 Å². The number of aryl methyl sites for hydroxylation is 2. The van der Waals surface area contributed by atoms with Crippen molar-refractivity contribution in [2.24, 2.45) is 0 Å². The molecule has 0 spiro atoms. The Morgan fingerprint density at radius 2 is 1.69 bits per heavy atom. The molecule has 0 fully saturated rings. The van der Waals surface area contributed by atoms with Crippen LogP contribution in [0.4, 0.5) is 0 Å². The first kappa shape index (κ1) is 10.9. The highest BCUT2D eigenvalue weighted by atomic mass is 15.3. The van der Waals surface area contributed by atoms with Gasteiger partial charge in [0.05, 0.1) is 5.54 Å². The first-order valence-electron chi connectivity index (χ1n) is 5.59. The van der Waals surface area contributed by atoms with Crippen molar-refractivity contribution < 1.29 is 0 Å². The van der Waals surface area contributed by atoms with Crippen LogP contribution in [-0.4, -0.2) is 9.78 Å². The molecule has 0 aliphatic heterocycles. The second kappa shape index (κ2) is 3.78. The van der Waals surface area contributed by atoms with Gasteiger partial charge in [-0.2, -0.15) is 5.10 Å². The molecule has 0 bridgehead atoms. The summed E-state index contributed by atoms with van der Waals surface area (Å²) in [4.78, 5) is 0. The molecule has 1 heterocycles. The van der Waals surface area contributed by atoms with Gasteiger partial charge >= 0.3 is 0 Å². The molecule has 0 saturated carbocycles. The number of aromatic nitrogens is 2. The molecule has 1 aromatic carbocycles. The molecule has 0 atom stereocenters. The van der Waals surface area contributed by atoms with Gasteiger partial charge in [-0.25, -0.2) is 0 Å². The molecule has 2 nitrogen and oxygen atoms in total. The Morgan fingerprint density at radius 3 is 2.19 bits per heavy atom. The summed E-state index contributed by atoms with van der Waals surface area (Å²) in [5, 5.41) is 4.34. The summed E-state index contributed by atoms with van der Waals surface area (Å²) < 4.78 is 2.00. The van der Waals surface area contributed by atoms with Gasteiger partial charge in [0.15, 0.2) is 0 Å². The van der Waals surface area contributed by atoms with Crippen molar-refractivity contribution in [2.75, 3.05) is 0 Å². The monoisotopic (exact) mass is 214 g/mol. The maximum Gasteiger partial charge on any atom is 0.0819 e. The first-order chi connectivity index (χ1) is 7.50. The van der Waals surface area contributed by atoms with Crippen LogP contribution >= 0.6 is 0 Å². The van der Waals surface area contributed by atoms with Crippen LogP contribution in [0.15, 0.2) is 36.7 Å². The van der Waals surface area contributed by atoms with Crippen molar-refractivity contribution in [3.63, 3.8) is 0 Å². The SMILES string of the molecule is Cc1cc(C)cc(C(C)(C)n2cccn2)c1. The molecule has 0 aliphatic carbocycles. The lowest BCUT2D eigenvalue weighted by atomic mass is 9.91. The van der Waals surface area contributed by atoms with Crippen molar-refractivity contribution in [3.8, 4) is 0 Å². The molecule has 0 unspecified atom stereocenters. The number of nitrogens with zero attached hydrogens (tertiary/aromatic N) is 2. The minimum Gasteiger partial charge on any atom is -0.263 e. The van der Waals surface area contributed by atoms with Crippen LogP contribution in [0.2, 0.25) is 0 Å². The van der Waals surface area contributed by atoms with Gasteiger partial charge in [0.2, 0.25) is 0 Å². The molecule has 0 aliphatic rings. The fourth-order valence-corrected chi connectivity index (χ4v) is 2.06. The lowest BCUT2D eigenvalue weighted by Crippen LogP contribution is -2.28. The Kier molecular flexibility index (Phi) is 2.58. The normalized spacial score (nSPS) is 11.8. The van der Waals surface area contributed by atoms with E-state index < -0.39 is 0 Å². The number of hydrogen-bond donors (Lipinski definition) is 0. The topological polar surface area (TPSA) is 17.8 Å². The van der Waals surface area contributed by atoms with Gasteiger partial charge in [-0.3, -0.25) is 4.68 Å². The highest BCUT2D eigenvalue weighted by Crippen LogP contribution is 2.26. The van der Waals surface area contributed by atoms with E-state index in [-0.39, 0.29) is 5.54 Å². The number of benzene rings is 1. The summed E-state index contributed by atoms with van der Waals surface area (Å²) in [7, 11) is 0. The van der Waals surface area contributed by atoms with Gasteiger partial charge in [0.1, 0.15) is 0 Å². The lowest BCUT2D eigenvalue weighted by Gasteiger charge is -2.27. The van der Waals surface area contributed by atoms with E-state index in [1.54, 1.807) is 0 Å². The van der Waals surface area contributed by atoms with E-state index in [2.05, 4.69) is 51.0 Å². The fraction of sp³-hybridized carbons (Fsp3) is 0.357. The number of hydrogen-bond acceptors (Lipinski definition) is 1. The smallest absolute Gasteiger partial charge is 0.0819 e. The average Bonchev–Trinajstić information content (AvgIpc) is 2.69. The van der Waals surface area contributed by atoms with Crippen LogP contribution in [0.5, 0.6) is 0 Å². The second-order valence-electron chi connectivity index (χ2n) is 4.89. The Labute approximate surface area is 96.9 Å². The van der Waals surface area contributed by atoms with Crippen molar-refractivity contribution in [1.29, 1.82) is 0 Å². The Balaban J connectivity index is 2.51. The molecule has 0 radical (unpaired) electrons. The molecule has 2 aromatic rings. The maximum atomic E-state index is 4.34. The summed E-state index contributed by atoms with van der Waals surface area (Å²) in [6.07, 6.45) is 3.84. The fourth-order valence-electron chi connectivity index (χ4n) is 2.06. The largest absolute Gasteiger partial charge is 0.263 e. The third-order valence-corrected chi connectivity index (χ3v) is 3.01. The highest BCUT2D eigenvalue weighted by molar-refractivity contribution is 5.33. The van der Waals surface area contributed by atoms with Crippen molar-refractivity contribution >= 4 is 0 Å². The molecule has 16 heavy (non-hydrogen) atoms. The third-order valence-electron chi connectivity index (χ3n) is 3.01. The van der Waals surface area contributed by atoms with E-state index in [1.807, 2.05) is 23.1 Å². The molecule has 2 heteroatoms. The molecule has 0 N–H and O–H groups in total. The van der Waals surface area contributed by atoms with Crippen molar-refractivity contribution in [3.05, 3.63) is 53.3 Å². The maximum absolute atomic E-state index is 4.34. The van der Waals surface area contributed by atoms with E-state index in [4.69, 9.17) is 0 Å². The predicted molar refractivity (Wildman–Crippen MR) is 66.6 cm³/mol. The average molecular weight is 214 g/mol. The Morgan fingerprint density at radius 1 is 1.06 bits per heavy atom. The van der Waals surface area contributed by atoms with Gasteiger partial charge in [-0.15, -0.1) is 0 Å². The summed E-state index contributed by atoms with van der Waals surface area (Å²) in [5.41, 5.74) is 3.81. The molecule has 0 amide bonds. The van der Waals surface area contributed by atoms with Gasteiger partial charge in [-0.05, 0) is 39.3 Å². The summed E-state index contributed by atoms with van der Waals surface area (Å²) in [5.74, 6) is 0. The summed E-state index contributed by atoms with van der Waals surface area (Å²) >= 11 is 0. The van der Waals surface area contributed by atoms with Crippen LogP contribution < -0.4 is 0 Å². The van der Waals surface area contributed by atoms with Crippen LogP contribution in [0.3, 0.4) is 0 Å². The molecule has 1 aromatic heterocycles. The Hall–Kier alpha value is -1.57. The van der Waals surface area contributed by atoms with E-state index in [0.29, 0.717) is 0 Å². The molecule has 0 saturated heterocycles. The molecule has 84 valence electrons. The second-order valence-corrected chi connectivity index (χ2v) is 4.89. The van der Waals surface area contributed by atoms with Gasteiger partial charge in [0, 0.05) is 12.4 Å². The van der Waals surface area contributed by atoms with Crippen LogP contribution in [0.1, 0.15) is 30.5 Å². The molecular weight excluding hydrogens is 196 g/mol. The van der Waals surface area contributed by atoms with Gasteiger partial charge < -0.3 is 0 Å². The minimum absolute atomic E-state index is 0.0969. The summed E-state index contributed by atoms with van der Waals surface area (Å²) in [6, 6.07) is 8.62. The summed E-state index contributed by atoms with van der Waals surface area (Å²) in [6.45, 7) is 8.65. The quantitative estimate of drug-likeness (QED) is 0.750. The highest BCUT2D eigenvalue weighted by Gasteiger charge is 2.23. The van der Waals surface area contributed by atoms with Crippen LogP contribution in [0.25, 0.3) is 0 Å². The third kappa shape index (κ3) is 1.87. The van der Waals surface area contributed by atoms with E-state index in [1.165, 1.54) is 16.7 Å². The molecular formula is C14H18N2. The lowest BCUT2D eigenvalue weighted by molar-refractivity contribution is 0.390. The standard InChI is InChI=1S/C14H18N2/c1-11-8-12(2)10-13(9-11)14(3,4)16-7-5-6-15-16/h5-10H,1-4H3. The first-order valence-corrected chi connectivity index (χ1v) is 5.59. The van der Waals surface area contributed by atoms with E-state index >= 15 is 0 Å². The van der Waals surface area contributed by atoms with Crippen molar-refractivity contribution in [1.82, 2.24) is 9.78 Å². The van der Waals surface area contributed by atoms with Crippen LogP contribution in [0, 0.1) is 13.8 Å². The minimum atomic E-state index is -0.0969. The number of rotatable bonds is 2. The van der Waals surface area contributed by atoms with E-state index in [9.17, 15) is 0 Å². The zero-order valence-electron chi connectivity index (χ0n) is 10.4. The Bertz CT molecular complexity index is 461. The zero-order chi connectivity index (χ0) is 11.8. The van der Waals surface area contributed by atoms with Crippen LogP contribution in [-0.2, 0) is 5.54 Å². The van der Waals surface area contributed by atoms with Gasteiger partial charge in [0.25, 0.3) is 0 Å². The van der Waals surface area contributed by atoms with Crippen molar-refractivity contribution in [2.45, 2.75) is 33.2 Å². The predicted octanol–water partition coefficient (Wildman–Crippen LogP) is 3.28. The van der Waals surface area contributed by atoms with E-state index in [0.717, 1.165) is 0 Å².